The number of nitrogens with two attached hydrogens (primary N) is 1. The van der Waals surface area contributed by atoms with Crippen LogP contribution in [0.25, 0.3) is 0 Å². The van der Waals surface area contributed by atoms with Crippen molar-refractivity contribution in [3.05, 3.63) is 0 Å². The fourth-order valence-corrected chi connectivity index (χ4v) is 3.36. The zero-order valence-corrected chi connectivity index (χ0v) is 18.4. The van der Waals surface area contributed by atoms with Crippen LogP contribution in [0.3, 0.4) is 0 Å². The molecule has 1 saturated heterocycles. The van der Waals surface area contributed by atoms with Gasteiger partial charge in [-0.2, -0.15) is 0 Å². The van der Waals surface area contributed by atoms with Gasteiger partial charge in [-0.3, -0.25) is 14.4 Å². The summed E-state index contributed by atoms with van der Waals surface area (Å²) in [5, 5.41) is 24.3. The number of aliphatic hydroxyl groups is 1. The Kier molecular flexibility index (Phi) is 9.70. The van der Waals surface area contributed by atoms with Gasteiger partial charge < -0.3 is 31.5 Å². The van der Waals surface area contributed by atoms with E-state index >= 15 is 0 Å². The van der Waals surface area contributed by atoms with Crippen LogP contribution in [0.5, 0.6) is 0 Å². The van der Waals surface area contributed by atoms with Gasteiger partial charge in [-0.25, -0.2) is 4.79 Å². The van der Waals surface area contributed by atoms with E-state index in [1.165, 1.54) is 11.8 Å². The van der Waals surface area contributed by atoms with E-state index in [9.17, 15) is 29.4 Å². The average Bonchev–Trinajstić information content (AvgIpc) is 3.17. The monoisotopic (exact) mass is 428 g/mol. The van der Waals surface area contributed by atoms with Crippen LogP contribution >= 0.6 is 0 Å². The maximum atomic E-state index is 12.8. The third-order valence-corrected chi connectivity index (χ3v) is 5.68. The van der Waals surface area contributed by atoms with Crippen molar-refractivity contribution in [3.63, 3.8) is 0 Å². The van der Waals surface area contributed by atoms with Gasteiger partial charge in [0.15, 0.2) is 0 Å². The summed E-state index contributed by atoms with van der Waals surface area (Å²) in [6.07, 6.45) is 0.304. The first kappa shape index (κ1) is 25.8. The number of nitrogens with zero attached hydrogens (tertiary/aromatic N) is 1. The first-order chi connectivity index (χ1) is 13.9. The van der Waals surface area contributed by atoms with E-state index < -0.39 is 48.1 Å². The van der Waals surface area contributed by atoms with Crippen molar-refractivity contribution in [1.82, 2.24) is 15.5 Å². The molecule has 10 nitrogen and oxygen atoms in total. The SMILES string of the molecule is CCC(C)C(NC(=O)C(NC(=O)C1CCCN1C(=O)C(N)C(C)C)C(C)O)C(=O)O. The number of amides is 3. The Bertz CT molecular complexity index is 639. The third kappa shape index (κ3) is 6.40. The molecule has 1 heterocycles. The fraction of sp³-hybridized carbons (Fsp3) is 0.800. The molecule has 30 heavy (non-hydrogen) atoms. The lowest BCUT2D eigenvalue weighted by Crippen LogP contribution is -2.60. The van der Waals surface area contributed by atoms with Crippen molar-refractivity contribution >= 4 is 23.7 Å². The molecule has 0 radical (unpaired) electrons. The standard InChI is InChI=1S/C20H36N4O6/c1-6-11(4)15(20(29)30)22-18(27)16(12(5)25)23-17(26)13-8-7-9-24(13)19(28)14(21)10(2)3/h10-16,25H,6-9,21H2,1-5H3,(H,22,27)(H,23,26)(H,29,30). The van der Waals surface area contributed by atoms with Crippen molar-refractivity contribution in [2.45, 2.75) is 84.2 Å². The molecule has 0 aromatic carbocycles. The Hall–Kier alpha value is -2.20. The van der Waals surface area contributed by atoms with Crippen molar-refractivity contribution in [2.24, 2.45) is 17.6 Å². The Morgan fingerprint density at radius 1 is 1.10 bits per heavy atom. The second-order valence-electron chi connectivity index (χ2n) is 8.40. The largest absolute Gasteiger partial charge is 0.480 e. The maximum absolute atomic E-state index is 12.8. The van der Waals surface area contributed by atoms with Crippen molar-refractivity contribution in [3.8, 4) is 0 Å². The molecule has 1 aliphatic heterocycles. The lowest BCUT2D eigenvalue weighted by atomic mass is 9.98. The lowest BCUT2D eigenvalue weighted by Gasteiger charge is -2.30. The minimum absolute atomic E-state index is 0.0914. The topological polar surface area (TPSA) is 162 Å². The van der Waals surface area contributed by atoms with E-state index in [2.05, 4.69) is 10.6 Å². The Balaban J connectivity index is 2.91. The first-order valence-corrected chi connectivity index (χ1v) is 10.5. The van der Waals surface area contributed by atoms with Crippen LogP contribution in [0.2, 0.25) is 0 Å². The van der Waals surface area contributed by atoms with Crippen LogP contribution in [-0.4, -0.2) is 75.6 Å². The number of carbonyl (C=O) groups is 4. The summed E-state index contributed by atoms with van der Waals surface area (Å²) in [4.78, 5) is 51.0. The molecular formula is C20H36N4O6. The molecule has 3 amide bonds. The van der Waals surface area contributed by atoms with Gasteiger partial charge in [0, 0.05) is 6.54 Å². The molecule has 6 unspecified atom stereocenters. The van der Waals surface area contributed by atoms with Gasteiger partial charge in [-0.15, -0.1) is 0 Å². The molecule has 10 heteroatoms. The van der Waals surface area contributed by atoms with Gasteiger partial charge in [-0.05, 0) is 31.6 Å². The van der Waals surface area contributed by atoms with E-state index in [0.717, 1.165) is 0 Å². The van der Waals surface area contributed by atoms with E-state index in [1.54, 1.807) is 13.8 Å². The van der Waals surface area contributed by atoms with Crippen LogP contribution in [0, 0.1) is 11.8 Å². The zero-order valence-electron chi connectivity index (χ0n) is 18.4. The number of aliphatic carboxylic acids is 1. The average molecular weight is 429 g/mol. The normalized spacial score (nSPS) is 21.5. The van der Waals surface area contributed by atoms with Gasteiger partial charge in [0.2, 0.25) is 17.7 Å². The number of aliphatic hydroxyl groups excluding tert-OH is 1. The summed E-state index contributed by atoms with van der Waals surface area (Å²) in [6.45, 7) is 8.84. The fourth-order valence-electron chi connectivity index (χ4n) is 3.36. The Labute approximate surface area is 177 Å². The van der Waals surface area contributed by atoms with E-state index in [-0.39, 0.29) is 17.7 Å². The smallest absolute Gasteiger partial charge is 0.326 e. The number of likely N-dealkylation sites (tertiary alicyclic amines) is 1. The van der Waals surface area contributed by atoms with Gasteiger partial charge in [-0.1, -0.05) is 34.1 Å². The van der Waals surface area contributed by atoms with Gasteiger partial charge in [0.1, 0.15) is 18.1 Å². The van der Waals surface area contributed by atoms with Gasteiger partial charge in [0.05, 0.1) is 12.1 Å². The number of carbonyl (C=O) groups excluding carboxylic acids is 3. The molecule has 0 saturated carbocycles. The number of hydrogen-bond donors (Lipinski definition) is 5. The summed E-state index contributed by atoms with van der Waals surface area (Å²) >= 11 is 0. The molecule has 1 fully saturated rings. The lowest BCUT2D eigenvalue weighted by molar-refractivity contribution is -0.145. The molecule has 1 aliphatic rings. The molecule has 172 valence electrons. The number of carboxylic acids is 1. The summed E-state index contributed by atoms with van der Waals surface area (Å²) in [5.41, 5.74) is 5.94. The molecule has 1 rings (SSSR count). The van der Waals surface area contributed by atoms with E-state index in [4.69, 9.17) is 5.73 Å². The Morgan fingerprint density at radius 2 is 1.70 bits per heavy atom. The van der Waals surface area contributed by atoms with Crippen molar-refractivity contribution in [2.75, 3.05) is 6.54 Å². The molecule has 6 N–H and O–H groups in total. The molecule has 0 aliphatic carbocycles. The van der Waals surface area contributed by atoms with Crippen LogP contribution in [0.4, 0.5) is 0 Å². The highest BCUT2D eigenvalue weighted by Crippen LogP contribution is 2.20. The van der Waals surface area contributed by atoms with Crippen molar-refractivity contribution in [1.29, 1.82) is 0 Å². The summed E-state index contributed by atoms with van der Waals surface area (Å²) < 4.78 is 0. The summed E-state index contributed by atoms with van der Waals surface area (Å²) in [7, 11) is 0. The Morgan fingerprint density at radius 3 is 2.17 bits per heavy atom. The summed E-state index contributed by atoms with van der Waals surface area (Å²) in [5.74, 6) is -3.32. The number of hydrogen-bond acceptors (Lipinski definition) is 6. The van der Waals surface area contributed by atoms with Gasteiger partial charge >= 0.3 is 5.97 Å². The molecule has 0 bridgehead atoms. The quantitative estimate of drug-likeness (QED) is 0.311. The predicted octanol–water partition coefficient (Wildman–Crippen LogP) is -0.558. The third-order valence-electron chi connectivity index (χ3n) is 5.68. The van der Waals surface area contributed by atoms with E-state index in [1.807, 2.05) is 13.8 Å². The number of nitrogens with one attached hydrogen (secondary N) is 2. The first-order valence-electron chi connectivity index (χ1n) is 10.5. The number of carboxylic acid groups (broad SMARTS) is 1. The van der Waals surface area contributed by atoms with Crippen LogP contribution in [-0.2, 0) is 19.2 Å². The van der Waals surface area contributed by atoms with E-state index in [0.29, 0.717) is 25.8 Å². The molecule has 6 atom stereocenters. The summed E-state index contributed by atoms with van der Waals surface area (Å²) in [6, 6.07) is -4.02. The molecule has 0 spiro atoms. The van der Waals surface area contributed by atoms with Crippen LogP contribution in [0.15, 0.2) is 0 Å². The highest BCUT2D eigenvalue weighted by atomic mass is 16.4. The molecular weight excluding hydrogens is 392 g/mol. The highest BCUT2D eigenvalue weighted by molar-refractivity contribution is 5.94. The second-order valence-corrected chi connectivity index (χ2v) is 8.40. The van der Waals surface area contributed by atoms with Crippen LogP contribution in [0.1, 0.15) is 53.9 Å². The van der Waals surface area contributed by atoms with Crippen LogP contribution < -0.4 is 16.4 Å². The zero-order chi connectivity index (χ0) is 23.2. The minimum atomic E-state index is -1.35. The maximum Gasteiger partial charge on any atom is 0.326 e. The number of rotatable bonds is 10. The van der Waals surface area contributed by atoms with Gasteiger partial charge in [0.25, 0.3) is 0 Å². The molecule has 0 aromatic rings. The highest BCUT2D eigenvalue weighted by Gasteiger charge is 2.39. The second kappa shape index (κ2) is 11.3. The predicted molar refractivity (Wildman–Crippen MR) is 110 cm³/mol. The minimum Gasteiger partial charge on any atom is -0.480 e. The van der Waals surface area contributed by atoms with Crippen molar-refractivity contribution < 1.29 is 29.4 Å². The molecule has 0 aromatic heterocycles.